The highest BCUT2D eigenvalue weighted by Gasteiger charge is 2.44. The van der Waals surface area contributed by atoms with Gasteiger partial charge in [0, 0.05) is 57.5 Å². The third kappa shape index (κ3) is 12.5. The molecule has 3 N–H and O–H groups in total. The Balaban J connectivity index is 0.845. The van der Waals surface area contributed by atoms with Crippen LogP contribution in [0.25, 0.3) is 42.4 Å². The van der Waals surface area contributed by atoms with E-state index < -0.39 is 47.2 Å². The van der Waals surface area contributed by atoms with Gasteiger partial charge in [0.15, 0.2) is 0 Å². The molecule has 0 bridgehead atoms. The van der Waals surface area contributed by atoms with E-state index >= 15 is 0 Å². The number of benzene rings is 3. The molecule has 0 spiro atoms. The minimum atomic E-state index is -4.59. The predicted octanol–water partition coefficient (Wildman–Crippen LogP) is 8.32. The Labute approximate surface area is 401 Å². The first-order chi connectivity index (χ1) is 32.3. The first-order valence-electron chi connectivity index (χ1n) is 22.3. The molecule has 360 valence electrons. The normalized spacial score (nSPS) is 15.7. The fraction of sp³-hybridized carbons (Fsp3) is 0.400. The third-order valence-electron chi connectivity index (χ3n) is 11.6. The molecule has 0 radical (unpaired) electrons. The van der Waals surface area contributed by atoms with Crippen LogP contribution in [0, 0.1) is 12.3 Å². The number of aliphatic hydroxyl groups excluding tert-OH is 1. The summed E-state index contributed by atoms with van der Waals surface area (Å²) in [5, 5.41) is 16.5. The summed E-state index contributed by atoms with van der Waals surface area (Å²) >= 11 is 2.78. The van der Waals surface area contributed by atoms with Gasteiger partial charge in [-0.05, 0) is 77.8 Å². The third-order valence-corrected chi connectivity index (χ3v) is 13.6. The number of β-amino-alcohol motifs (C(OH)–C–C–N with tert-alkyl or cyclic N) is 1. The maximum absolute atomic E-state index is 14.4. The zero-order valence-electron chi connectivity index (χ0n) is 38.9. The quantitative estimate of drug-likeness (QED) is 0.0716. The van der Waals surface area contributed by atoms with Gasteiger partial charge in [-0.3, -0.25) is 14.4 Å². The molecule has 3 aromatic carbocycles. The van der Waals surface area contributed by atoms with Crippen LogP contribution in [0.5, 0.6) is 0 Å². The number of nitrogens with zero attached hydrogens (tertiary/aromatic N) is 5. The Morgan fingerprint density at radius 2 is 1.63 bits per heavy atom. The highest BCUT2D eigenvalue weighted by atomic mass is 32.1. The fourth-order valence-corrected chi connectivity index (χ4v) is 9.83. The zero-order valence-corrected chi connectivity index (χ0v) is 40.5. The number of thiazole rings is 2. The van der Waals surface area contributed by atoms with Gasteiger partial charge in [-0.15, -0.1) is 22.7 Å². The summed E-state index contributed by atoms with van der Waals surface area (Å²) in [7, 11) is 3.69. The lowest BCUT2D eigenvalue weighted by Crippen LogP contribution is -2.58. The van der Waals surface area contributed by atoms with Crippen molar-refractivity contribution in [1.82, 2.24) is 30.5 Å². The molecule has 1 aliphatic rings. The van der Waals surface area contributed by atoms with E-state index in [9.17, 15) is 32.7 Å². The fourth-order valence-electron chi connectivity index (χ4n) is 7.95. The molecule has 1 aliphatic heterocycles. The van der Waals surface area contributed by atoms with Crippen LogP contribution in [0.3, 0.4) is 0 Å². The van der Waals surface area contributed by atoms with Crippen LogP contribution in [-0.2, 0) is 43.0 Å². The lowest BCUT2D eigenvalue weighted by molar-refractivity contribution is -0.144. The van der Waals surface area contributed by atoms with Gasteiger partial charge < -0.3 is 35.0 Å². The topological polar surface area (TPSA) is 159 Å². The molecule has 13 nitrogen and oxygen atoms in total. The van der Waals surface area contributed by atoms with Crippen molar-refractivity contribution in [2.45, 2.75) is 77.9 Å². The first kappa shape index (κ1) is 50.1. The van der Waals surface area contributed by atoms with Gasteiger partial charge >= 0.3 is 6.18 Å². The number of likely N-dealkylation sites (tertiary alicyclic amines) is 1. The maximum atomic E-state index is 14.4. The first-order valence-corrected chi connectivity index (χ1v) is 24.0. The van der Waals surface area contributed by atoms with Gasteiger partial charge in [-0.25, -0.2) is 15.0 Å². The second kappa shape index (κ2) is 21.7. The second-order valence-electron chi connectivity index (χ2n) is 18.1. The van der Waals surface area contributed by atoms with Crippen LogP contribution in [-0.4, -0.2) is 108 Å². The number of aryl methyl sites for hydroxylation is 2. The van der Waals surface area contributed by atoms with Gasteiger partial charge in [0.2, 0.25) is 17.7 Å². The Hall–Kier alpha value is -5.79. The summed E-state index contributed by atoms with van der Waals surface area (Å²) < 4.78 is 55.3. The molecule has 0 aliphatic carbocycles. The predicted molar refractivity (Wildman–Crippen MR) is 259 cm³/mol. The van der Waals surface area contributed by atoms with Gasteiger partial charge in [-0.2, -0.15) is 13.2 Å². The molecule has 0 saturated carbocycles. The van der Waals surface area contributed by atoms with Crippen molar-refractivity contribution >= 4 is 56.4 Å². The molecular weight excluding hydrogens is 916 g/mol. The van der Waals surface area contributed by atoms with E-state index in [-0.39, 0.29) is 55.8 Å². The molecule has 6 aromatic rings. The molecule has 18 heteroatoms. The number of rotatable bonds is 18. The second-order valence-corrected chi connectivity index (χ2v) is 20.0. The average Bonchev–Trinajstić information content (AvgIpc) is 4.05. The molecular formula is C50H56F3N7O6S2. The number of amides is 3. The number of carbonyl (C=O) groups excluding carboxylic acids is 3. The Morgan fingerprint density at radius 3 is 2.31 bits per heavy atom. The molecule has 0 unspecified atom stereocenters. The van der Waals surface area contributed by atoms with E-state index in [1.165, 1.54) is 22.3 Å². The molecule has 1 fully saturated rings. The SMILES string of the molecule is Cc1ncsc1-c1ccc(CNC(=O)[C@@H]2C[C@@H](O)CN2C(=O)[C@@H](NC(=O)COCCOCCCc2ccc3nc(-c4ccc(-c5ccc(N(C)C)nc5)cc4C(F)(F)F)sc3c2)C(C)(C)C)cc1. The minimum absolute atomic E-state index is 0.0208. The summed E-state index contributed by atoms with van der Waals surface area (Å²) in [5.41, 5.74) is 5.81. The summed E-state index contributed by atoms with van der Waals surface area (Å²) in [6.07, 6.45) is -2.51. The van der Waals surface area contributed by atoms with Gasteiger partial charge in [-0.1, -0.05) is 63.2 Å². The Kier molecular flexibility index (Phi) is 16.0. The molecule has 4 heterocycles. The van der Waals surface area contributed by atoms with E-state index in [2.05, 4.69) is 25.6 Å². The van der Waals surface area contributed by atoms with Gasteiger partial charge in [0.25, 0.3) is 0 Å². The van der Waals surface area contributed by atoms with Crippen molar-refractivity contribution in [3.05, 3.63) is 107 Å². The summed E-state index contributed by atoms with van der Waals surface area (Å²) in [5.74, 6) is -0.660. The lowest BCUT2D eigenvalue weighted by Gasteiger charge is -2.35. The number of halogens is 3. The molecule has 3 amide bonds. The van der Waals surface area contributed by atoms with Crippen molar-refractivity contribution in [3.63, 3.8) is 0 Å². The molecule has 3 aromatic heterocycles. The zero-order chi connectivity index (χ0) is 48.8. The molecule has 7 rings (SSSR count). The minimum Gasteiger partial charge on any atom is -0.391 e. The van der Waals surface area contributed by atoms with Crippen LogP contribution in [0.1, 0.15) is 56.0 Å². The number of ether oxygens (including phenoxy) is 2. The summed E-state index contributed by atoms with van der Waals surface area (Å²) in [4.78, 5) is 57.9. The number of hydrogen-bond donors (Lipinski definition) is 3. The number of hydrogen-bond acceptors (Lipinski definition) is 12. The highest BCUT2D eigenvalue weighted by Crippen LogP contribution is 2.42. The maximum Gasteiger partial charge on any atom is 0.417 e. The van der Waals surface area contributed by atoms with Crippen molar-refractivity contribution in [2.24, 2.45) is 5.41 Å². The van der Waals surface area contributed by atoms with E-state index in [4.69, 9.17) is 9.47 Å². The number of nitrogens with one attached hydrogen (secondary N) is 2. The van der Waals surface area contributed by atoms with Crippen LogP contribution >= 0.6 is 22.7 Å². The van der Waals surface area contributed by atoms with Crippen LogP contribution in [0.4, 0.5) is 19.0 Å². The standard InChI is InChI=1S/C50H56F3N7O6S2/c1-30-44(67-29-56-30)33-12-9-32(10-13-33)25-55-46(63)40-24-36(61)27-60(40)48(64)45(49(2,3)4)58-43(62)28-66-21-20-65-19-7-8-31-11-17-39-41(22-31)68-47(57-39)37-16-14-34(23-38(37)50(51,52)53)35-15-18-42(54-26-35)59(5)6/h9-18,22-23,26,29,36,40,45,61H,7-8,19-21,24-25,27-28H2,1-6H3,(H,55,63)(H,58,62)/t36-,40+,45-/m1/s1. The van der Waals surface area contributed by atoms with Gasteiger partial charge in [0.05, 0.1) is 51.2 Å². The molecule has 68 heavy (non-hydrogen) atoms. The number of fused-ring (bicyclic) bond motifs is 1. The van der Waals surface area contributed by atoms with Crippen LogP contribution < -0.4 is 15.5 Å². The number of anilines is 1. The largest absolute Gasteiger partial charge is 0.417 e. The molecule has 3 atom stereocenters. The smallest absolute Gasteiger partial charge is 0.391 e. The van der Waals surface area contributed by atoms with Crippen molar-refractivity contribution in [3.8, 4) is 32.1 Å². The number of alkyl halides is 3. The van der Waals surface area contributed by atoms with E-state index in [1.807, 2.05) is 89.2 Å². The van der Waals surface area contributed by atoms with Crippen LogP contribution in [0.2, 0.25) is 0 Å². The number of carbonyl (C=O) groups is 3. The Bertz CT molecular complexity index is 2700. The summed E-state index contributed by atoms with van der Waals surface area (Å²) in [6.45, 7) is 8.05. The van der Waals surface area contributed by atoms with E-state index in [0.29, 0.717) is 41.9 Å². The monoisotopic (exact) mass is 971 g/mol. The average molecular weight is 972 g/mol. The van der Waals surface area contributed by atoms with Crippen LogP contribution in [0.15, 0.2) is 84.5 Å². The van der Waals surface area contributed by atoms with Crippen molar-refractivity contribution in [1.29, 1.82) is 0 Å². The van der Waals surface area contributed by atoms with E-state index in [1.54, 1.807) is 41.2 Å². The molecule has 1 saturated heterocycles. The van der Waals surface area contributed by atoms with Crippen molar-refractivity contribution < 1.29 is 42.1 Å². The Morgan fingerprint density at radius 1 is 0.912 bits per heavy atom. The number of aromatic nitrogens is 3. The number of pyridine rings is 1. The van der Waals surface area contributed by atoms with Gasteiger partial charge in [0.1, 0.15) is 29.5 Å². The van der Waals surface area contributed by atoms with Crippen molar-refractivity contribution in [2.75, 3.05) is 52.0 Å². The summed E-state index contributed by atoms with van der Waals surface area (Å²) in [6, 6.07) is 19.4. The van der Waals surface area contributed by atoms with E-state index in [0.717, 1.165) is 38.0 Å². The lowest BCUT2D eigenvalue weighted by atomic mass is 9.85. The highest BCUT2D eigenvalue weighted by molar-refractivity contribution is 7.21. The number of aliphatic hydroxyl groups is 1.